The van der Waals surface area contributed by atoms with Gasteiger partial charge in [-0.15, -0.1) is 0 Å². The Bertz CT molecular complexity index is 1510. The van der Waals surface area contributed by atoms with E-state index < -0.39 is 6.10 Å². The van der Waals surface area contributed by atoms with Crippen LogP contribution in [0.2, 0.25) is 0 Å². The molecule has 0 spiro atoms. The highest BCUT2D eigenvalue weighted by molar-refractivity contribution is 5.71. The van der Waals surface area contributed by atoms with Crippen LogP contribution in [0.4, 0.5) is 0 Å². The van der Waals surface area contributed by atoms with Crippen molar-refractivity contribution in [1.82, 2.24) is 0 Å². The van der Waals surface area contributed by atoms with Crippen LogP contribution in [0.5, 0.6) is 0 Å². The molecule has 0 aromatic heterocycles. The highest BCUT2D eigenvalue weighted by atomic mass is 16.6. The van der Waals surface area contributed by atoms with Crippen LogP contribution in [0, 0.1) is 0 Å². The average molecular weight is 909 g/mol. The van der Waals surface area contributed by atoms with Gasteiger partial charge in [0, 0.05) is 19.3 Å². The molecule has 0 heterocycles. The first kappa shape index (κ1) is 61.3. The Labute approximate surface area is 404 Å². The smallest absolute Gasteiger partial charge is 0.306 e. The first-order chi connectivity index (χ1) is 32.5. The zero-order valence-corrected chi connectivity index (χ0v) is 41.9. The number of ether oxygens (including phenoxy) is 3. The molecule has 0 aliphatic heterocycles. The van der Waals surface area contributed by atoms with Crippen molar-refractivity contribution >= 4 is 17.9 Å². The van der Waals surface area contributed by atoms with E-state index in [0.29, 0.717) is 19.3 Å². The van der Waals surface area contributed by atoms with Gasteiger partial charge in [-0.25, -0.2) is 0 Å². The van der Waals surface area contributed by atoms with E-state index in [-0.39, 0.29) is 37.5 Å². The Kier molecular flexibility index (Phi) is 49.1. The molecule has 0 saturated heterocycles. The van der Waals surface area contributed by atoms with Crippen LogP contribution in [-0.4, -0.2) is 37.2 Å². The first-order valence-corrected chi connectivity index (χ1v) is 26.0. The van der Waals surface area contributed by atoms with Crippen molar-refractivity contribution in [3.8, 4) is 0 Å². The molecular weight excluding hydrogens is 817 g/mol. The Morgan fingerprint density at radius 1 is 0.333 bits per heavy atom. The van der Waals surface area contributed by atoms with Crippen LogP contribution in [0.3, 0.4) is 0 Å². The van der Waals surface area contributed by atoms with Crippen molar-refractivity contribution in [3.63, 3.8) is 0 Å². The summed E-state index contributed by atoms with van der Waals surface area (Å²) in [5.74, 6) is -1.04. The molecule has 6 nitrogen and oxygen atoms in total. The summed E-state index contributed by atoms with van der Waals surface area (Å²) in [5, 5.41) is 0. The first-order valence-electron chi connectivity index (χ1n) is 26.0. The van der Waals surface area contributed by atoms with Gasteiger partial charge in [-0.2, -0.15) is 0 Å². The fourth-order valence-electron chi connectivity index (χ4n) is 6.41. The lowest BCUT2D eigenvalue weighted by molar-refractivity contribution is -0.167. The molecule has 0 aromatic rings. The van der Waals surface area contributed by atoms with Gasteiger partial charge in [0.1, 0.15) is 13.2 Å². The van der Waals surface area contributed by atoms with E-state index in [1.807, 2.05) is 91.1 Å². The lowest BCUT2D eigenvalue weighted by Crippen LogP contribution is -2.30. The van der Waals surface area contributed by atoms with E-state index in [0.717, 1.165) is 96.3 Å². The number of allylic oxidation sites excluding steroid dienone is 24. The highest BCUT2D eigenvalue weighted by Crippen LogP contribution is 2.13. The highest BCUT2D eigenvalue weighted by Gasteiger charge is 2.19. The van der Waals surface area contributed by atoms with Crippen LogP contribution >= 0.6 is 0 Å². The van der Waals surface area contributed by atoms with Gasteiger partial charge in [0.15, 0.2) is 6.10 Å². The predicted molar refractivity (Wildman–Crippen MR) is 283 cm³/mol. The van der Waals surface area contributed by atoms with Crippen molar-refractivity contribution in [2.24, 2.45) is 0 Å². The topological polar surface area (TPSA) is 78.9 Å². The zero-order chi connectivity index (χ0) is 47.9. The standard InChI is InChI=1S/C60H92O6/c1-4-7-10-13-16-19-22-25-27-29-31-32-35-38-41-44-47-50-53-59(62)65-56-57(55-64-58(61)52-49-46-43-40-37-34-24-21-18-15-12-9-6-3)66-60(63)54-51-48-45-42-39-36-33-30-28-26-23-20-17-14-11-8-5-2/h9-10,12-13,15-22,24-29,31-32,34,37,40,43,57H,4-8,11,14,23,30,33,35-36,38-39,41-42,44-56H2,1-3H3/b12-9+,13-10+,18-15+,19-16+,20-17+,24-21+,25-22+,28-26+,29-27+,32-31+,37-34+,43-40+. The molecule has 0 rings (SSSR count). The molecule has 1 atom stereocenters. The van der Waals surface area contributed by atoms with Crippen LogP contribution in [0.15, 0.2) is 146 Å². The summed E-state index contributed by atoms with van der Waals surface area (Å²) in [6.45, 7) is 6.26. The maximum atomic E-state index is 12.8. The molecule has 66 heavy (non-hydrogen) atoms. The fraction of sp³-hybridized carbons (Fsp3) is 0.550. The second-order valence-corrected chi connectivity index (χ2v) is 16.6. The van der Waals surface area contributed by atoms with Gasteiger partial charge >= 0.3 is 17.9 Å². The number of carbonyl (C=O) groups excluding carboxylic acids is 3. The SMILES string of the molecule is CC/C=C/C=C/C=C/C=C/C=C/CCCC(=O)OCC(COC(=O)CCCCCCC/C=C/C=C/C=C/C=C/C=C/CCC)OC(=O)CCCCCCCCC/C=C/C/C=C/CCCCC. The molecule has 0 aliphatic rings. The number of unbranched alkanes of at least 4 members (excludes halogenated alkanes) is 17. The van der Waals surface area contributed by atoms with E-state index in [9.17, 15) is 14.4 Å². The Balaban J connectivity index is 4.57. The number of hydrogen-bond donors (Lipinski definition) is 0. The summed E-state index contributed by atoms with van der Waals surface area (Å²) in [5.41, 5.74) is 0. The van der Waals surface area contributed by atoms with Crippen LogP contribution in [0.1, 0.15) is 194 Å². The summed E-state index contributed by atoms with van der Waals surface area (Å²) in [7, 11) is 0. The summed E-state index contributed by atoms with van der Waals surface area (Å²) >= 11 is 0. The van der Waals surface area contributed by atoms with Gasteiger partial charge in [0.2, 0.25) is 0 Å². The second kappa shape index (κ2) is 52.9. The summed E-state index contributed by atoms with van der Waals surface area (Å²) in [4.78, 5) is 38.0. The Hall–Kier alpha value is -4.71. The van der Waals surface area contributed by atoms with E-state index in [1.54, 1.807) is 0 Å². The fourth-order valence-corrected chi connectivity index (χ4v) is 6.41. The molecule has 0 amide bonds. The molecule has 0 fully saturated rings. The predicted octanol–water partition coefficient (Wildman–Crippen LogP) is 17.3. The third-order valence-electron chi connectivity index (χ3n) is 10.3. The lowest BCUT2D eigenvalue weighted by atomic mass is 10.1. The number of hydrogen-bond acceptors (Lipinski definition) is 6. The molecule has 6 heteroatoms. The summed E-state index contributed by atoms with van der Waals surface area (Å²) < 4.78 is 16.7. The van der Waals surface area contributed by atoms with Gasteiger partial charge in [0.25, 0.3) is 0 Å². The summed E-state index contributed by atoms with van der Waals surface area (Å²) in [6, 6.07) is 0. The minimum absolute atomic E-state index is 0.124. The summed E-state index contributed by atoms with van der Waals surface area (Å²) in [6.07, 6.45) is 75.4. The number of esters is 3. The van der Waals surface area contributed by atoms with E-state index in [1.165, 1.54) is 51.4 Å². The van der Waals surface area contributed by atoms with E-state index in [2.05, 4.69) is 75.5 Å². The van der Waals surface area contributed by atoms with Crippen molar-refractivity contribution in [2.45, 2.75) is 200 Å². The second-order valence-electron chi connectivity index (χ2n) is 16.6. The van der Waals surface area contributed by atoms with Gasteiger partial charge in [-0.05, 0) is 83.5 Å². The largest absolute Gasteiger partial charge is 0.462 e. The van der Waals surface area contributed by atoms with E-state index >= 15 is 0 Å². The molecule has 0 bridgehead atoms. The van der Waals surface area contributed by atoms with Gasteiger partial charge in [-0.1, -0.05) is 237 Å². The minimum Gasteiger partial charge on any atom is -0.462 e. The van der Waals surface area contributed by atoms with Crippen LogP contribution in [0.25, 0.3) is 0 Å². The lowest BCUT2D eigenvalue weighted by Gasteiger charge is -2.18. The van der Waals surface area contributed by atoms with Crippen molar-refractivity contribution in [2.75, 3.05) is 13.2 Å². The van der Waals surface area contributed by atoms with Gasteiger partial charge < -0.3 is 14.2 Å². The molecular formula is C60H92O6. The van der Waals surface area contributed by atoms with Crippen molar-refractivity contribution in [1.29, 1.82) is 0 Å². The van der Waals surface area contributed by atoms with Crippen molar-refractivity contribution in [3.05, 3.63) is 146 Å². The maximum Gasteiger partial charge on any atom is 0.306 e. The Morgan fingerprint density at radius 3 is 1.17 bits per heavy atom. The third-order valence-corrected chi connectivity index (χ3v) is 10.3. The van der Waals surface area contributed by atoms with Crippen LogP contribution in [-0.2, 0) is 28.6 Å². The van der Waals surface area contributed by atoms with Gasteiger partial charge in [0.05, 0.1) is 0 Å². The molecule has 368 valence electrons. The monoisotopic (exact) mass is 909 g/mol. The quantitative estimate of drug-likeness (QED) is 0.0199. The molecule has 1 unspecified atom stereocenters. The average Bonchev–Trinajstić information content (AvgIpc) is 3.31. The number of carbonyl (C=O) groups is 3. The van der Waals surface area contributed by atoms with Gasteiger partial charge in [-0.3, -0.25) is 14.4 Å². The molecule has 0 N–H and O–H groups in total. The molecule has 0 aromatic carbocycles. The molecule has 0 aliphatic carbocycles. The minimum atomic E-state index is -0.828. The zero-order valence-electron chi connectivity index (χ0n) is 41.9. The normalized spacial score (nSPS) is 13.3. The maximum absolute atomic E-state index is 12.8. The third kappa shape index (κ3) is 50.3. The van der Waals surface area contributed by atoms with Crippen molar-refractivity contribution < 1.29 is 28.6 Å². The Morgan fingerprint density at radius 2 is 0.697 bits per heavy atom. The van der Waals surface area contributed by atoms with E-state index in [4.69, 9.17) is 14.2 Å². The molecule has 0 radical (unpaired) electrons. The molecule has 0 saturated carbocycles. The number of rotatable bonds is 44. The van der Waals surface area contributed by atoms with Crippen LogP contribution < -0.4 is 0 Å².